The summed E-state index contributed by atoms with van der Waals surface area (Å²) in [5.41, 5.74) is 0. The summed E-state index contributed by atoms with van der Waals surface area (Å²) in [6.07, 6.45) is 4.32. The van der Waals surface area contributed by atoms with Crippen LogP contribution in [0.15, 0.2) is 0 Å². The van der Waals surface area contributed by atoms with Gasteiger partial charge in [-0.05, 0) is 24.3 Å². The van der Waals surface area contributed by atoms with E-state index in [1.165, 1.54) is 24.3 Å². The molecule has 0 spiro atoms. The maximum Gasteiger partial charge on any atom is 0.0621 e. The molecular weight excluding hydrogens is 142 g/mol. The Morgan fingerprint density at radius 1 is 1.30 bits per heavy atom. The van der Waals surface area contributed by atoms with Crippen LogP contribution < -0.4 is 0 Å². The highest BCUT2D eigenvalue weighted by atomic mass is 32.2. The fourth-order valence-corrected chi connectivity index (χ4v) is 1.43. The number of nitriles is 1. The first-order valence-electron chi connectivity index (χ1n) is 3.86. The molecule has 0 saturated heterocycles. The van der Waals surface area contributed by atoms with Gasteiger partial charge in [0.15, 0.2) is 0 Å². The zero-order valence-corrected chi connectivity index (χ0v) is 7.41. The van der Waals surface area contributed by atoms with Crippen LogP contribution in [0.5, 0.6) is 0 Å². The molecule has 0 aliphatic heterocycles. The Hall–Kier alpha value is -0.160. The summed E-state index contributed by atoms with van der Waals surface area (Å²) < 4.78 is 0. The molecule has 0 aromatic rings. The molecule has 0 atom stereocenters. The van der Waals surface area contributed by atoms with Crippen molar-refractivity contribution in [3.05, 3.63) is 0 Å². The summed E-state index contributed by atoms with van der Waals surface area (Å²) in [6, 6.07) is 2.15. The number of thioether (sulfide) groups is 1. The minimum Gasteiger partial charge on any atom is -0.198 e. The smallest absolute Gasteiger partial charge is 0.0621 e. The summed E-state index contributed by atoms with van der Waals surface area (Å²) in [5.74, 6) is 2.49. The fourth-order valence-electron chi connectivity index (χ4n) is 0.729. The minimum absolute atomic E-state index is 0.733. The quantitative estimate of drug-likeness (QED) is 0.553. The van der Waals surface area contributed by atoms with Crippen LogP contribution in [-0.2, 0) is 0 Å². The number of hydrogen-bond acceptors (Lipinski definition) is 2. The van der Waals surface area contributed by atoms with E-state index < -0.39 is 0 Å². The van der Waals surface area contributed by atoms with Gasteiger partial charge in [-0.3, -0.25) is 0 Å². The second-order valence-electron chi connectivity index (χ2n) is 2.17. The highest BCUT2D eigenvalue weighted by Crippen LogP contribution is 2.06. The molecule has 10 heavy (non-hydrogen) atoms. The Balaban J connectivity index is 2.72. The monoisotopic (exact) mass is 157 g/mol. The fraction of sp³-hybridized carbons (Fsp3) is 0.875. The topological polar surface area (TPSA) is 23.8 Å². The molecule has 1 nitrogen and oxygen atoms in total. The number of nitrogens with zero attached hydrogens (tertiary/aromatic N) is 1. The first-order chi connectivity index (χ1) is 4.91. The van der Waals surface area contributed by atoms with E-state index in [1.54, 1.807) is 0 Å². The molecular formula is C8H15NS. The van der Waals surface area contributed by atoms with Crippen molar-refractivity contribution >= 4 is 11.8 Å². The molecule has 0 unspecified atom stereocenters. The molecule has 2 heteroatoms. The van der Waals surface area contributed by atoms with Crippen LogP contribution in [0.1, 0.15) is 32.6 Å². The lowest BCUT2D eigenvalue weighted by Gasteiger charge is -1.95. The van der Waals surface area contributed by atoms with Gasteiger partial charge in [0.1, 0.15) is 0 Å². The zero-order valence-electron chi connectivity index (χ0n) is 6.60. The average Bonchev–Trinajstić information content (AvgIpc) is 1.97. The molecule has 0 radical (unpaired) electrons. The van der Waals surface area contributed by atoms with Crippen molar-refractivity contribution in [2.45, 2.75) is 32.6 Å². The van der Waals surface area contributed by atoms with Crippen LogP contribution in [0.2, 0.25) is 0 Å². The van der Waals surface area contributed by atoms with Crippen molar-refractivity contribution in [1.82, 2.24) is 0 Å². The van der Waals surface area contributed by atoms with Crippen LogP contribution in [0, 0.1) is 11.3 Å². The van der Waals surface area contributed by atoms with E-state index in [0.717, 1.165) is 12.8 Å². The van der Waals surface area contributed by atoms with Crippen LogP contribution in [-0.4, -0.2) is 11.5 Å². The van der Waals surface area contributed by atoms with Crippen molar-refractivity contribution in [2.24, 2.45) is 0 Å². The van der Waals surface area contributed by atoms with Gasteiger partial charge in [-0.15, -0.1) is 0 Å². The van der Waals surface area contributed by atoms with Crippen molar-refractivity contribution in [1.29, 1.82) is 5.26 Å². The summed E-state index contributed by atoms with van der Waals surface area (Å²) in [5, 5.41) is 8.21. The molecule has 0 aliphatic carbocycles. The molecule has 0 amide bonds. The van der Waals surface area contributed by atoms with Crippen molar-refractivity contribution in [3.63, 3.8) is 0 Å². The molecule has 0 saturated carbocycles. The average molecular weight is 157 g/mol. The third kappa shape index (κ3) is 7.84. The van der Waals surface area contributed by atoms with E-state index in [9.17, 15) is 0 Å². The number of hydrogen-bond donors (Lipinski definition) is 0. The lowest BCUT2D eigenvalue weighted by Crippen LogP contribution is -1.80. The highest BCUT2D eigenvalue weighted by Gasteiger charge is 1.87. The molecule has 0 fully saturated rings. The minimum atomic E-state index is 0.733. The summed E-state index contributed by atoms with van der Waals surface area (Å²) in [4.78, 5) is 0. The van der Waals surface area contributed by atoms with Gasteiger partial charge in [-0.1, -0.05) is 13.3 Å². The molecule has 0 bridgehead atoms. The normalized spacial score (nSPS) is 9.20. The van der Waals surface area contributed by atoms with E-state index >= 15 is 0 Å². The van der Waals surface area contributed by atoms with Gasteiger partial charge in [0.2, 0.25) is 0 Å². The largest absolute Gasteiger partial charge is 0.198 e. The predicted molar refractivity (Wildman–Crippen MR) is 47.1 cm³/mol. The first kappa shape index (κ1) is 9.84. The van der Waals surface area contributed by atoms with Gasteiger partial charge in [-0.2, -0.15) is 17.0 Å². The summed E-state index contributed by atoms with van der Waals surface area (Å²) in [7, 11) is 0. The maximum absolute atomic E-state index is 8.21. The third-order valence-electron chi connectivity index (χ3n) is 1.28. The molecule has 0 N–H and O–H groups in total. The Morgan fingerprint density at radius 2 is 2.10 bits per heavy atom. The van der Waals surface area contributed by atoms with Gasteiger partial charge in [0, 0.05) is 6.42 Å². The zero-order chi connectivity index (χ0) is 7.66. The van der Waals surface area contributed by atoms with Crippen LogP contribution in [0.25, 0.3) is 0 Å². The van der Waals surface area contributed by atoms with E-state index in [0.29, 0.717) is 0 Å². The highest BCUT2D eigenvalue weighted by molar-refractivity contribution is 7.99. The second kappa shape index (κ2) is 8.84. The van der Waals surface area contributed by atoms with Gasteiger partial charge in [0.25, 0.3) is 0 Å². The third-order valence-corrected chi connectivity index (χ3v) is 2.27. The maximum atomic E-state index is 8.21. The summed E-state index contributed by atoms with van der Waals surface area (Å²) >= 11 is 1.98. The van der Waals surface area contributed by atoms with Gasteiger partial charge < -0.3 is 0 Å². The second-order valence-corrected chi connectivity index (χ2v) is 3.56. The number of rotatable bonds is 6. The van der Waals surface area contributed by atoms with Crippen molar-refractivity contribution in [2.75, 3.05) is 11.5 Å². The van der Waals surface area contributed by atoms with Crippen LogP contribution in [0.4, 0.5) is 0 Å². The predicted octanol–water partition coefficient (Wildman–Crippen LogP) is 2.82. The molecule has 0 rings (SSSR count). The summed E-state index contributed by atoms with van der Waals surface area (Å²) in [6.45, 7) is 2.18. The lowest BCUT2D eigenvalue weighted by molar-refractivity contribution is 0.739. The Labute approximate surface area is 67.8 Å². The Kier molecular flexibility index (Phi) is 8.70. The Bertz CT molecular complexity index is 95.9. The molecule has 0 heterocycles. The molecule has 0 aromatic heterocycles. The molecule has 0 aromatic carbocycles. The van der Waals surface area contributed by atoms with Crippen LogP contribution in [0.3, 0.4) is 0 Å². The number of unbranched alkanes of at least 4 members (excludes halogenated alkanes) is 3. The molecule has 58 valence electrons. The lowest BCUT2D eigenvalue weighted by atomic mass is 10.2. The Morgan fingerprint density at radius 3 is 2.70 bits per heavy atom. The van der Waals surface area contributed by atoms with Crippen molar-refractivity contribution < 1.29 is 0 Å². The molecule has 0 aliphatic rings. The van der Waals surface area contributed by atoms with Crippen LogP contribution >= 0.6 is 11.8 Å². The van der Waals surface area contributed by atoms with E-state index in [1.807, 2.05) is 11.8 Å². The van der Waals surface area contributed by atoms with Gasteiger partial charge >= 0.3 is 0 Å². The van der Waals surface area contributed by atoms with Gasteiger partial charge in [0.05, 0.1) is 6.07 Å². The van der Waals surface area contributed by atoms with E-state index in [4.69, 9.17) is 5.26 Å². The van der Waals surface area contributed by atoms with Crippen molar-refractivity contribution in [3.8, 4) is 6.07 Å². The first-order valence-corrected chi connectivity index (χ1v) is 5.02. The van der Waals surface area contributed by atoms with Gasteiger partial charge in [-0.25, -0.2) is 0 Å². The SMILES string of the molecule is CCSCCCCCC#N. The van der Waals surface area contributed by atoms with E-state index in [-0.39, 0.29) is 0 Å². The van der Waals surface area contributed by atoms with E-state index in [2.05, 4.69) is 13.0 Å². The standard InChI is InChI=1S/C8H15NS/c1-2-10-8-6-4-3-5-7-9/h2-6,8H2,1H3.